The molecule has 0 aliphatic rings. The molecule has 0 saturated heterocycles. The van der Waals surface area contributed by atoms with Gasteiger partial charge in [0.25, 0.3) is 0 Å². The fraction of sp³-hybridized carbons (Fsp3) is 0.743. The van der Waals surface area contributed by atoms with Gasteiger partial charge in [0, 0.05) is 37.4 Å². The number of ether oxygens (including phenoxy) is 7. The number of hydrogen-bond acceptors (Lipinski definition) is 13. The molecule has 1 aromatic heterocycles. The summed E-state index contributed by atoms with van der Waals surface area (Å²) in [5.41, 5.74) is 2.79. The Morgan fingerprint density at radius 2 is 1.29 bits per heavy atom. The maximum atomic E-state index is 9.08. The Labute approximate surface area is 297 Å². The van der Waals surface area contributed by atoms with Crippen molar-refractivity contribution in [1.29, 1.82) is 0 Å². The summed E-state index contributed by atoms with van der Waals surface area (Å²) in [4.78, 5) is 2.26. The Morgan fingerprint density at radius 3 is 1.78 bits per heavy atom. The van der Waals surface area contributed by atoms with E-state index in [-0.39, 0.29) is 32.0 Å². The fourth-order valence-corrected chi connectivity index (χ4v) is 5.26. The van der Waals surface area contributed by atoms with Crippen LogP contribution in [0.15, 0.2) is 40.0 Å². The topological polar surface area (TPSA) is 137 Å². The van der Waals surface area contributed by atoms with E-state index in [2.05, 4.69) is 41.1 Å². The van der Waals surface area contributed by atoms with Gasteiger partial charge in [0.1, 0.15) is 11.9 Å². The van der Waals surface area contributed by atoms with Crippen LogP contribution in [0.25, 0.3) is 0 Å². The van der Waals surface area contributed by atoms with Gasteiger partial charge in [-0.1, -0.05) is 26.7 Å². The van der Waals surface area contributed by atoms with Crippen molar-refractivity contribution in [2.24, 2.45) is 17.3 Å². The van der Waals surface area contributed by atoms with Crippen LogP contribution in [-0.2, 0) is 40.2 Å². The maximum absolute atomic E-state index is 9.08. The minimum atomic E-state index is -0.239. The van der Waals surface area contributed by atoms with E-state index in [9.17, 15) is 0 Å². The van der Waals surface area contributed by atoms with Crippen molar-refractivity contribution in [3.63, 3.8) is 0 Å². The summed E-state index contributed by atoms with van der Waals surface area (Å²) in [6.45, 7) is 12.6. The monoisotopic (exact) mass is 713 g/mol. The van der Waals surface area contributed by atoms with Gasteiger partial charge in [-0.25, -0.2) is 4.57 Å². The number of azo groups is 1. The van der Waals surface area contributed by atoms with E-state index in [0.717, 1.165) is 47.8 Å². The standard InChI is InChI=1S/C35H61N4O9S/c1-5-7-14-45-28-32(47-22-20-43-17-13-41)26-39(31-9-10-34(30(3)25-31)36-37-35-38(4)11-24-49-35)27-33(29-46-15-8-6-2)48-23-21-44-19-18-42-16-12-40/h9-11,24-25,32-33,40-41H,5-8,12-23,26-29H2,1-4H3/q+1. The molecule has 1 aromatic carbocycles. The smallest absolute Gasteiger partial charge is 0.394 e. The SMILES string of the molecule is CCCCOCC(CN(CC(COCCCC)OCCOCCOCCO)c1ccc(N=Nc2scc[n+]2C)c(C)c1)OCCOCCO. The summed E-state index contributed by atoms with van der Waals surface area (Å²) >= 11 is 1.54. The van der Waals surface area contributed by atoms with Gasteiger partial charge >= 0.3 is 5.13 Å². The van der Waals surface area contributed by atoms with Gasteiger partial charge in [-0.2, -0.15) is 0 Å². The molecular weight excluding hydrogens is 652 g/mol. The van der Waals surface area contributed by atoms with E-state index in [1.54, 1.807) is 0 Å². The molecule has 0 aliphatic heterocycles. The molecule has 0 aliphatic carbocycles. The Balaban J connectivity index is 2.25. The number of aryl methyl sites for hydroxylation is 2. The molecule has 2 rings (SSSR count). The Morgan fingerprint density at radius 1 is 0.735 bits per heavy atom. The zero-order valence-electron chi connectivity index (χ0n) is 30.1. The number of anilines is 1. The van der Waals surface area contributed by atoms with Crippen molar-refractivity contribution in [2.45, 2.75) is 58.7 Å². The molecule has 1 heterocycles. The van der Waals surface area contributed by atoms with Crippen LogP contribution in [0.5, 0.6) is 0 Å². The van der Waals surface area contributed by atoms with E-state index < -0.39 is 0 Å². The predicted molar refractivity (Wildman–Crippen MR) is 191 cm³/mol. The van der Waals surface area contributed by atoms with Crippen LogP contribution < -0.4 is 9.47 Å². The zero-order valence-corrected chi connectivity index (χ0v) is 30.9. The number of aliphatic hydroxyl groups excluding tert-OH is 2. The molecule has 0 spiro atoms. The summed E-state index contributed by atoms with van der Waals surface area (Å²) < 4.78 is 43.1. The highest BCUT2D eigenvalue weighted by molar-refractivity contribution is 7.12. The highest BCUT2D eigenvalue weighted by Gasteiger charge is 2.22. The first-order valence-corrected chi connectivity index (χ1v) is 18.4. The van der Waals surface area contributed by atoms with Crippen molar-refractivity contribution < 1.29 is 47.9 Å². The number of rotatable bonds is 32. The zero-order chi connectivity index (χ0) is 35.4. The van der Waals surface area contributed by atoms with Gasteiger partial charge in [-0.05, 0) is 60.0 Å². The van der Waals surface area contributed by atoms with Crippen LogP contribution >= 0.6 is 11.3 Å². The molecule has 0 amide bonds. The minimum absolute atomic E-state index is 0.00602. The molecule has 0 saturated carbocycles. The number of thiazole rings is 1. The van der Waals surface area contributed by atoms with Crippen LogP contribution in [0.4, 0.5) is 16.5 Å². The second-order valence-electron chi connectivity index (χ2n) is 11.5. The first-order valence-electron chi connectivity index (χ1n) is 17.6. The lowest BCUT2D eigenvalue weighted by atomic mass is 10.1. The molecule has 0 fully saturated rings. The van der Waals surface area contributed by atoms with E-state index in [1.807, 2.05) is 36.2 Å². The second kappa shape index (κ2) is 28.6. The Bertz CT molecular complexity index is 1110. The third-order valence-corrected chi connectivity index (χ3v) is 8.13. The van der Waals surface area contributed by atoms with Crippen molar-refractivity contribution in [1.82, 2.24) is 0 Å². The minimum Gasteiger partial charge on any atom is -0.394 e. The fourth-order valence-electron chi connectivity index (χ4n) is 4.58. The van der Waals surface area contributed by atoms with Gasteiger partial charge < -0.3 is 48.3 Å². The number of nitrogens with zero attached hydrogens (tertiary/aromatic N) is 4. The molecule has 2 atom stereocenters. The van der Waals surface area contributed by atoms with Crippen molar-refractivity contribution in [2.75, 3.05) is 110 Å². The molecule has 49 heavy (non-hydrogen) atoms. The number of aliphatic hydroxyl groups is 2. The van der Waals surface area contributed by atoms with E-state index in [1.165, 1.54) is 11.3 Å². The second-order valence-corrected chi connectivity index (χ2v) is 12.4. The predicted octanol–water partition coefficient (Wildman–Crippen LogP) is 4.54. The maximum Gasteiger partial charge on any atom is 0.408 e. The normalized spacial score (nSPS) is 13.0. The average Bonchev–Trinajstić information content (AvgIpc) is 3.52. The molecule has 13 nitrogen and oxygen atoms in total. The van der Waals surface area contributed by atoms with Crippen LogP contribution in [0.1, 0.15) is 45.1 Å². The molecular formula is C35H61N4O9S+. The average molecular weight is 714 g/mol. The first-order chi connectivity index (χ1) is 24.0. The first kappa shape index (κ1) is 43.1. The van der Waals surface area contributed by atoms with Gasteiger partial charge in [0.2, 0.25) is 0 Å². The van der Waals surface area contributed by atoms with Crippen molar-refractivity contribution in [3.8, 4) is 0 Å². The lowest BCUT2D eigenvalue weighted by molar-refractivity contribution is -0.654. The summed E-state index contributed by atoms with van der Waals surface area (Å²) in [7, 11) is 1.95. The van der Waals surface area contributed by atoms with Crippen LogP contribution in [0.2, 0.25) is 0 Å². The third-order valence-electron chi connectivity index (χ3n) is 7.29. The molecule has 14 heteroatoms. The molecule has 2 N–H and O–H groups in total. The van der Waals surface area contributed by atoms with Crippen molar-refractivity contribution in [3.05, 3.63) is 35.3 Å². The lowest BCUT2D eigenvalue weighted by Gasteiger charge is -2.33. The van der Waals surface area contributed by atoms with Crippen LogP contribution in [-0.4, -0.2) is 128 Å². The summed E-state index contributed by atoms with van der Waals surface area (Å²) in [5.74, 6) is 0. The number of hydrogen-bond donors (Lipinski definition) is 2. The lowest BCUT2D eigenvalue weighted by Crippen LogP contribution is -2.43. The third kappa shape index (κ3) is 19.8. The van der Waals surface area contributed by atoms with E-state index >= 15 is 0 Å². The number of aromatic nitrogens is 1. The Hall–Kier alpha value is -2.11. The molecule has 280 valence electrons. The van der Waals surface area contributed by atoms with Gasteiger partial charge in [-0.15, -0.1) is 0 Å². The number of unbranched alkanes of at least 4 members (excludes halogenated alkanes) is 2. The summed E-state index contributed by atoms with van der Waals surface area (Å²) in [5, 5.41) is 29.7. The molecule has 2 unspecified atom stereocenters. The van der Waals surface area contributed by atoms with Crippen molar-refractivity contribution >= 4 is 27.8 Å². The Kier molecular flexibility index (Phi) is 25.1. The largest absolute Gasteiger partial charge is 0.408 e. The van der Waals surface area contributed by atoms with E-state index in [4.69, 9.17) is 43.4 Å². The summed E-state index contributed by atoms with van der Waals surface area (Å²) in [6.07, 6.45) is 5.55. The quantitative estimate of drug-likeness (QED) is 0.0632. The molecule has 2 aromatic rings. The van der Waals surface area contributed by atoms with E-state index in [0.29, 0.717) is 85.8 Å². The van der Waals surface area contributed by atoms with Crippen LogP contribution in [0.3, 0.4) is 0 Å². The van der Waals surface area contributed by atoms with Crippen LogP contribution in [0, 0.1) is 6.92 Å². The van der Waals surface area contributed by atoms with Gasteiger partial charge in [0.05, 0.1) is 104 Å². The van der Waals surface area contributed by atoms with Gasteiger partial charge in [0.15, 0.2) is 0 Å². The molecule has 0 bridgehead atoms. The molecule has 0 radical (unpaired) electrons. The highest BCUT2D eigenvalue weighted by atomic mass is 32.1. The van der Waals surface area contributed by atoms with Gasteiger partial charge in [-0.3, -0.25) is 0 Å². The highest BCUT2D eigenvalue weighted by Crippen LogP contribution is 2.28. The summed E-state index contributed by atoms with van der Waals surface area (Å²) in [6, 6.07) is 6.16. The number of benzene rings is 1.